The van der Waals surface area contributed by atoms with E-state index in [0.717, 1.165) is 0 Å². The van der Waals surface area contributed by atoms with Crippen molar-refractivity contribution in [2.24, 2.45) is 0 Å². The number of halogens is 1. The summed E-state index contributed by atoms with van der Waals surface area (Å²) in [5.74, 6) is 0.123. The summed E-state index contributed by atoms with van der Waals surface area (Å²) in [5.41, 5.74) is 0.293. The van der Waals surface area contributed by atoms with Crippen LogP contribution in [0.25, 0.3) is 0 Å². The fourth-order valence-electron chi connectivity index (χ4n) is 1.69. The Hall–Kier alpha value is -2.12. The lowest BCUT2D eigenvalue weighted by Crippen LogP contribution is -2.13. The molecule has 2 rings (SSSR count). The van der Waals surface area contributed by atoms with Gasteiger partial charge in [-0.15, -0.1) is 0 Å². The smallest absolute Gasteiger partial charge is 0.261 e. The molecule has 0 amide bonds. The molecule has 0 aliphatic rings. The van der Waals surface area contributed by atoms with Crippen LogP contribution in [0, 0.1) is 5.82 Å². The Labute approximate surface area is 128 Å². The van der Waals surface area contributed by atoms with E-state index in [-0.39, 0.29) is 4.90 Å². The van der Waals surface area contributed by atoms with Gasteiger partial charge >= 0.3 is 0 Å². The summed E-state index contributed by atoms with van der Waals surface area (Å²) in [5, 5.41) is 0. The Balaban J connectivity index is 2.07. The molecule has 22 heavy (non-hydrogen) atoms. The lowest BCUT2D eigenvalue weighted by Gasteiger charge is -2.09. The quantitative estimate of drug-likeness (QED) is 0.795. The molecule has 0 saturated heterocycles. The van der Waals surface area contributed by atoms with Crippen molar-refractivity contribution in [2.45, 2.75) is 4.90 Å². The highest BCUT2D eigenvalue weighted by molar-refractivity contribution is 7.92. The monoisotopic (exact) mass is 325 g/mol. The number of sulfonamides is 1. The van der Waals surface area contributed by atoms with Gasteiger partial charge in [-0.05, 0) is 48.5 Å². The van der Waals surface area contributed by atoms with Crippen molar-refractivity contribution in [2.75, 3.05) is 25.0 Å². The van der Waals surface area contributed by atoms with Gasteiger partial charge in [0.25, 0.3) is 10.0 Å². The topological polar surface area (TPSA) is 64.6 Å². The van der Waals surface area contributed by atoms with E-state index in [9.17, 15) is 12.8 Å². The SMILES string of the molecule is COCCOc1ccc(S(=O)(=O)Nc2ccc(F)cc2)cc1. The third-order valence-corrected chi connectivity index (χ3v) is 4.18. The summed E-state index contributed by atoms with van der Waals surface area (Å²) >= 11 is 0. The number of anilines is 1. The molecule has 5 nitrogen and oxygen atoms in total. The van der Waals surface area contributed by atoms with Gasteiger partial charge in [-0.25, -0.2) is 12.8 Å². The van der Waals surface area contributed by atoms with Crippen LogP contribution >= 0.6 is 0 Å². The molecule has 7 heteroatoms. The number of benzene rings is 2. The molecule has 0 atom stereocenters. The first-order valence-corrected chi connectivity index (χ1v) is 8.00. The summed E-state index contributed by atoms with van der Waals surface area (Å²) in [4.78, 5) is 0.0934. The molecule has 0 bridgehead atoms. The average molecular weight is 325 g/mol. The first-order chi connectivity index (χ1) is 10.5. The Bertz CT molecular complexity index is 699. The lowest BCUT2D eigenvalue weighted by molar-refractivity contribution is 0.146. The van der Waals surface area contributed by atoms with E-state index in [4.69, 9.17) is 9.47 Å². The highest BCUT2D eigenvalue weighted by Gasteiger charge is 2.14. The predicted octanol–water partition coefficient (Wildman–Crippen LogP) is 2.65. The van der Waals surface area contributed by atoms with Gasteiger partial charge in [0.1, 0.15) is 18.2 Å². The summed E-state index contributed by atoms with van der Waals surface area (Å²) in [6.07, 6.45) is 0. The minimum Gasteiger partial charge on any atom is -0.491 e. The number of hydrogen-bond acceptors (Lipinski definition) is 4. The normalized spacial score (nSPS) is 11.2. The van der Waals surface area contributed by atoms with Crippen LogP contribution in [-0.4, -0.2) is 28.7 Å². The van der Waals surface area contributed by atoms with E-state index in [1.165, 1.54) is 36.4 Å². The number of nitrogens with one attached hydrogen (secondary N) is 1. The van der Waals surface area contributed by atoms with Gasteiger partial charge in [-0.2, -0.15) is 0 Å². The van der Waals surface area contributed by atoms with Crippen LogP contribution in [-0.2, 0) is 14.8 Å². The van der Waals surface area contributed by atoms with Crippen LogP contribution in [0.2, 0.25) is 0 Å². The van der Waals surface area contributed by atoms with Crippen molar-refractivity contribution >= 4 is 15.7 Å². The number of ether oxygens (including phenoxy) is 2. The average Bonchev–Trinajstić information content (AvgIpc) is 2.50. The second-order valence-electron chi connectivity index (χ2n) is 4.43. The summed E-state index contributed by atoms with van der Waals surface area (Å²) < 4.78 is 49.8. The van der Waals surface area contributed by atoms with Gasteiger partial charge in [-0.1, -0.05) is 0 Å². The molecular formula is C15H16FNO4S. The van der Waals surface area contributed by atoms with Crippen LogP contribution in [0.1, 0.15) is 0 Å². The minimum atomic E-state index is -3.72. The summed E-state index contributed by atoms with van der Waals surface area (Å²) in [6.45, 7) is 0.836. The first-order valence-electron chi connectivity index (χ1n) is 6.51. The van der Waals surface area contributed by atoms with Crippen molar-refractivity contribution in [1.82, 2.24) is 0 Å². The second-order valence-corrected chi connectivity index (χ2v) is 6.11. The maximum atomic E-state index is 12.8. The van der Waals surface area contributed by atoms with Gasteiger partial charge < -0.3 is 9.47 Å². The van der Waals surface area contributed by atoms with E-state index < -0.39 is 15.8 Å². The van der Waals surface area contributed by atoms with Crippen LogP contribution in [0.15, 0.2) is 53.4 Å². The Kier molecular flexibility index (Phi) is 5.35. The molecule has 0 saturated carbocycles. The number of methoxy groups -OCH3 is 1. The van der Waals surface area contributed by atoms with Gasteiger partial charge in [0.05, 0.1) is 11.5 Å². The molecule has 1 N–H and O–H groups in total. The van der Waals surface area contributed by atoms with Crippen molar-refractivity contribution in [3.63, 3.8) is 0 Å². The molecule has 0 radical (unpaired) electrons. The van der Waals surface area contributed by atoms with Crippen molar-refractivity contribution in [1.29, 1.82) is 0 Å². The van der Waals surface area contributed by atoms with Crippen LogP contribution in [0.3, 0.4) is 0 Å². The zero-order chi connectivity index (χ0) is 16.0. The molecule has 2 aromatic carbocycles. The molecule has 118 valence electrons. The fourth-order valence-corrected chi connectivity index (χ4v) is 2.75. The van der Waals surface area contributed by atoms with Gasteiger partial charge in [0.2, 0.25) is 0 Å². The standard InChI is InChI=1S/C15H16FNO4S/c1-20-10-11-21-14-6-8-15(9-7-14)22(18,19)17-13-4-2-12(16)3-5-13/h2-9,17H,10-11H2,1H3. The van der Waals surface area contributed by atoms with Gasteiger partial charge in [0.15, 0.2) is 0 Å². The molecule has 0 aliphatic carbocycles. The molecular weight excluding hydrogens is 309 g/mol. The first kappa shape index (κ1) is 16.3. The van der Waals surface area contributed by atoms with Crippen molar-refractivity contribution in [3.8, 4) is 5.75 Å². The zero-order valence-corrected chi connectivity index (χ0v) is 12.8. The molecule has 0 heterocycles. The Morgan fingerprint density at radius 1 is 1.00 bits per heavy atom. The van der Waals surface area contributed by atoms with Gasteiger partial charge in [0, 0.05) is 12.8 Å². The largest absolute Gasteiger partial charge is 0.491 e. The maximum Gasteiger partial charge on any atom is 0.261 e. The van der Waals surface area contributed by atoms with E-state index in [2.05, 4.69) is 4.72 Å². The number of rotatable bonds is 7. The van der Waals surface area contributed by atoms with E-state index in [1.807, 2.05) is 0 Å². The second kappa shape index (κ2) is 7.24. The highest BCUT2D eigenvalue weighted by atomic mass is 32.2. The van der Waals surface area contributed by atoms with Crippen molar-refractivity contribution in [3.05, 3.63) is 54.3 Å². The Morgan fingerprint density at radius 3 is 2.23 bits per heavy atom. The maximum absolute atomic E-state index is 12.8. The minimum absolute atomic E-state index is 0.0934. The van der Waals surface area contributed by atoms with Crippen LogP contribution < -0.4 is 9.46 Å². The zero-order valence-electron chi connectivity index (χ0n) is 12.0. The third-order valence-electron chi connectivity index (χ3n) is 2.79. The Morgan fingerprint density at radius 2 is 1.64 bits per heavy atom. The molecule has 0 aromatic heterocycles. The molecule has 0 fully saturated rings. The van der Waals surface area contributed by atoms with E-state index >= 15 is 0 Å². The highest BCUT2D eigenvalue weighted by Crippen LogP contribution is 2.19. The number of hydrogen-bond donors (Lipinski definition) is 1. The van der Waals surface area contributed by atoms with Crippen LogP contribution in [0.4, 0.5) is 10.1 Å². The molecule has 0 aliphatic heterocycles. The van der Waals surface area contributed by atoms with E-state index in [1.54, 1.807) is 19.2 Å². The van der Waals surface area contributed by atoms with Crippen LogP contribution in [0.5, 0.6) is 5.75 Å². The predicted molar refractivity (Wildman–Crippen MR) is 81.0 cm³/mol. The molecule has 0 spiro atoms. The lowest BCUT2D eigenvalue weighted by atomic mass is 10.3. The van der Waals surface area contributed by atoms with Crippen molar-refractivity contribution < 1.29 is 22.3 Å². The third kappa shape index (κ3) is 4.44. The summed E-state index contributed by atoms with van der Waals surface area (Å²) in [7, 11) is -2.15. The fraction of sp³-hybridized carbons (Fsp3) is 0.200. The molecule has 0 unspecified atom stereocenters. The molecule has 2 aromatic rings. The van der Waals surface area contributed by atoms with Gasteiger partial charge in [-0.3, -0.25) is 4.72 Å². The summed E-state index contributed by atoms with van der Waals surface area (Å²) in [6, 6.07) is 11.1. The van der Waals surface area contributed by atoms with E-state index in [0.29, 0.717) is 24.7 Å².